The average Bonchev–Trinajstić information content (AvgIpc) is 1.88. The highest BCUT2D eigenvalue weighted by atomic mass is 19.1. The normalized spacial score (nSPS) is 7.75. The third kappa shape index (κ3) is 7060. The average molecular weight is 132 g/mol. The maximum absolute atomic E-state index is 10.5. The van der Waals surface area contributed by atoms with Crippen molar-refractivity contribution in [2.75, 3.05) is 6.67 Å². The molecule has 0 nitrogen and oxygen atoms in total. The Hall–Kier alpha value is -0.140. The fourth-order valence-corrected chi connectivity index (χ4v) is 0. The number of halogens is 2. The molecular formula is C6H18F2. The van der Waals surface area contributed by atoms with Crippen LogP contribution >= 0.6 is 0 Å². The Kier molecular flexibility index (Phi) is 91.7. The van der Waals surface area contributed by atoms with Crippen molar-refractivity contribution in [1.82, 2.24) is 0 Å². The van der Waals surface area contributed by atoms with Crippen molar-refractivity contribution in [1.29, 1.82) is 0 Å². The van der Waals surface area contributed by atoms with E-state index >= 15 is 0 Å². The van der Waals surface area contributed by atoms with Gasteiger partial charge in [-0.2, -0.15) is 0 Å². The van der Waals surface area contributed by atoms with Crippen LogP contribution in [0.25, 0.3) is 0 Å². The molecule has 0 radical (unpaired) electrons. The quantitative estimate of drug-likeness (QED) is 0.475. The number of alkyl halides is 1. The number of rotatable bonds is 0. The molecule has 2 heteroatoms. The van der Waals surface area contributed by atoms with E-state index in [9.17, 15) is 4.39 Å². The number of hydrogen-bond donors (Lipinski definition) is 0. The second-order valence-corrected chi connectivity index (χ2v) is 0.689. The Bertz CT molecular complexity index is 21.7. The van der Waals surface area contributed by atoms with Gasteiger partial charge in [-0.15, -0.1) is 0 Å². The van der Waals surface area contributed by atoms with Gasteiger partial charge in [0, 0.05) is 2.74 Å². The van der Waals surface area contributed by atoms with Gasteiger partial charge in [0.25, 0.3) is 0 Å². The first-order valence-electron chi connectivity index (χ1n) is 3.39. The summed E-state index contributed by atoms with van der Waals surface area (Å²) >= 11 is 0. The summed E-state index contributed by atoms with van der Waals surface area (Å²) in [6.45, 7) is 1.95. The zero-order chi connectivity index (χ0) is 6.83. The van der Waals surface area contributed by atoms with Gasteiger partial charge in [-0.05, 0) is 6.90 Å². The minimum absolute atomic E-state index is 0. The molecule has 0 aromatic heterocycles. The molecule has 0 aliphatic carbocycles. The van der Waals surface area contributed by atoms with Gasteiger partial charge < -0.3 is 0 Å². The van der Waals surface area contributed by atoms with E-state index in [0.29, 0.717) is 6.90 Å². The molecule has 0 amide bonds. The Labute approximate surface area is 54.3 Å². The molecule has 0 saturated heterocycles. The van der Waals surface area contributed by atoms with Gasteiger partial charge in [0.1, 0.15) is 0 Å². The summed E-state index contributed by atoms with van der Waals surface area (Å²) in [6.07, 6.45) is 0.986. The molecule has 0 atom stereocenters. The van der Waals surface area contributed by atoms with Crippen LogP contribution in [0.5, 0.6) is 0 Å². The Balaban J connectivity index is -0.0000000300. The highest BCUT2D eigenvalue weighted by molar-refractivity contribution is 3.92. The molecule has 0 fully saturated rings. The highest BCUT2D eigenvalue weighted by Crippen LogP contribution is 1.56. The smallest absolute Gasteiger partial charge is 0.0866 e. The molecule has 0 N–H and O–H groups in total. The van der Waals surface area contributed by atoms with Crippen molar-refractivity contribution in [3.8, 4) is 0 Å². The van der Waals surface area contributed by atoms with Crippen LogP contribution in [-0.2, 0) is 0 Å². The lowest BCUT2D eigenvalue weighted by atomic mass is 10.6. The predicted molar refractivity (Wildman–Crippen MR) is 36.8 cm³/mol. The van der Waals surface area contributed by atoms with Gasteiger partial charge in [0.2, 0.25) is 0 Å². The molecule has 0 rings (SSSR count). The molecule has 0 heterocycles. The lowest BCUT2D eigenvalue weighted by molar-refractivity contribution is 0.527. The second kappa shape index (κ2) is 68.1. The van der Waals surface area contributed by atoms with E-state index in [0.717, 1.165) is 6.42 Å². The van der Waals surface area contributed by atoms with Crippen molar-refractivity contribution in [3.63, 3.8) is 0 Å². The van der Waals surface area contributed by atoms with Crippen LogP contribution in [0.4, 0.5) is 9.09 Å². The molecule has 0 aromatic rings. The molecule has 0 bridgehead atoms. The molecule has 56 valence electrons. The van der Waals surface area contributed by atoms with E-state index in [1.165, 1.54) is 0 Å². The minimum Gasteiger partial charge on any atom is -0.269 e. The van der Waals surface area contributed by atoms with E-state index in [4.69, 9.17) is 2.74 Å². The van der Waals surface area contributed by atoms with Crippen LogP contribution in [0.3, 0.4) is 0 Å². The van der Waals surface area contributed by atoms with Crippen LogP contribution in [0.15, 0.2) is 0 Å². The summed E-state index contributed by atoms with van der Waals surface area (Å²) in [5.41, 5.74) is 0. The summed E-state index contributed by atoms with van der Waals surface area (Å²) in [5, 5.41) is 0. The third-order valence-electron chi connectivity index (χ3n) is 0. The molecule has 0 unspecified atom stereocenters. The van der Waals surface area contributed by atoms with Gasteiger partial charge in [0.05, 0.1) is 6.67 Å². The lowest BCUT2D eigenvalue weighted by Crippen LogP contribution is -1.40. The fourth-order valence-electron chi connectivity index (χ4n) is 0. The van der Waals surface area contributed by atoms with Gasteiger partial charge >= 0.3 is 0 Å². The van der Waals surface area contributed by atoms with E-state index in [1.54, 1.807) is 0 Å². The van der Waals surface area contributed by atoms with Crippen LogP contribution in [-0.4, -0.2) is 6.67 Å². The Morgan fingerprint density at radius 3 is 1.75 bits per heavy atom. The summed E-state index contributed by atoms with van der Waals surface area (Å²) in [6, 6.07) is 0. The van der Waals surface area contributed by atoms with E-state index in [1.807, 2.05) is 6.92 Å². The summed E-state index contributed by atoms with van der Waals surface area (Å²) in [5.74, 6) is 0. The maximum atomic E-state index is 10.5. The van der Waals surface area contributed by atoms with E-state index < -0.39 is 6.67 Å². The number of hydrogen-bond acceptors (Lipinski definition) is 0. The van der Waals surface area contributed by atoms with Crippen molar-refractivity contribution in [3.05, 3.63) is 0 Å². The minimum atomic E-state index is -0.514. The Morgan fingerprint density at radius 2 is 1.75 bits per heavy atom. The molecular weight excluding hydrogens is 110 g/mol. The van der Waals surface area contributed by atoms with Crippen LogP contribution in [0.1, 0.15) is 37.3 Å². The van der Waals surface area contributed by atoms with E-state index in [2.05, 4.69) is 0 Å². The summed E-state index contributed by atoms with van der Waals surface area (Å²) < 4.78 is 23.1. The SMILES string of the molecule is C.F.[3H]CCC.[3H]CCF. The second-order valence-electron chi connectivity index (χ2n) is 0.689. The van der Waals surface area contributed by atoms with Crippen molar-refractivity contribution in [2.45, 2.75) is 34.6 Å². The van der Waals surface area contributed by atoms with Gasteiger partial charge in [0.15, 0.2) is 0 Å². The molecule has 0 aromatic carbocycles. The zero-order valence-electron chi connectivity index (χ0n) is 6.61. The largest absolute Gasteiger partial charge is 0.269 e. The first-order chi connectivity index (χ1) is 3.83. The summed E-state index contributed by atoms with van der Waals surface area (Å²) in [4.78, 5) is 0. The first-order valence-corrected chi connectivity index (χ1v) is 1.97. The lowest BCUT2D eigenvalue weighted by Gasteiger charge is -1.48. The van der Waals surface area contributed by atoms with Crippen molar-refractivity contribution >= 4 is 0 Å². The molecule has 0 aliphatic rings. The molecule has 0 spiro atoms. The molecule has 8 heavy (non-hydrogen) atoms. The standard InChI is InChI=1S/C3H8.C2H5F.CH4.FH/c1-3-2;1-2-3;;/h3H2,1-2H3;2H2,1H3;1H4;1H/i2*1T;;. The topological polar surface area (TPSA) is 0 Å². The van der Waals surface area contributed by atoms with Crippen molar-refractivity contribution < 1.29 is 11.8 Å². The molecule has 0 saturated carbocycles. The third-order valence-corrected chi connectivity index (χ3v) is 0. The maximum Gasteiger partial charge on any atom is 0.0866 e. The monoisotopic (exact) mass is 132 g/mol. The van der Waals surface area contributed by atoms with Crippen LogP contribution in [0, 0.1) is 0 Å². The Morgan fingerprint density at radius 1 is 1.50 bits per heavy atom. The zero-order valence-corrected chi connectivity index (χ0v) is 4.61. The van der Waals surface area contributed by atoms with Gasteiger partial charge in [-0.3, -0.25) is 9.09 Å². The predicted octanol–water partition coefficient (Wildman–Crippen LogP) is 3.18. The summed E-state index contributed by atoms with van der Waals surface area (Å²) in [7, 11) is 0. The van der Waals surface area contributed by atoms with Crippen molar-refractivity contribution in [2.24, 2.45) is 0 Å². The highest BCUT2D eigenvalue weighted by Gasteiger charge is 1.39. The van der Waals surface area contributed by atoms with Crippen LogP contribution < -0.4 is 0 Å². The first kappa shape index (κ1) is 10.8. The van der Waals surface area contributed by atoms with Crippen LogP contribution in [0.2, 0.25) is 0 Å². The fraction of sp³-hybridized carbons (Fsp3) is 1.00. The molecule has 0 aliphatic heterocycles. The van der Waals surface area contributed by atoms with E-state index in [-0.39, 0.29) is 19.0 Å². The van der Waals surface area contributed by atoms with Gasteiger partial charge in [-0.25, -0.2) is 0 Å². The van der Waals surface area contributed by atoms with Gasteiger partial charge in [-0.1, -0.05) is 27.7 Å².